The Morgan fingerprint density at radius 3 is 2.25 bits per heavy atom. The van der Waals surface area contributed by atoms with Gasteiger partial charge in [-0.25, -0.2) is 0 Å². The van der Waals surface area contributed by atoms with E-state index in [2.05, 4.69) is 26.1 Å². The van der Waals surface area contributed by atoms with E-state index >= 15 is 0 Å². The summed E-state index contributed by atoms with van der Waals surface area (Å²) in [5, 5.41) is 2.58. The number of ether oxygens (including phenoxy) is 1. The number of hydrogen-bond donors (Lipinski definition) is 1. The van der Waals surface area contributed by atoms with Crippen molar-refractivity contribution in [3.05, 3.63) is 18.1 Å². The summed E-state index contributed by atoms with van der Waals surface area (Å²) in [6.07, 6.45) is 4.31. The van der Waals surface area contributed by atoms with Gasteiger partial charge in [-0.05, 0) is 0 Å². The molecule has 3 amide bonds. The van der Waals surface area contributed by atoms with Gasteiger partial charge >= 0.3 is 21.1 Å². The van der Waals surface area contributed by atoms with E-state index in [-0.39, 0.29) is 53.0 Å². The average Bonchev–Trinajstić information content (AvgIpc) is 2.79. The fourth-order valence-corrected chi connectivity index (χ4v) is 1.43. The van der Waals surface area contributed by atoms with Crippen LogP contribution in [0.2, 0.25) is 0 Å². The van der Waals surface area contributed by atoms with Crippen LogP contribution in [0.1, 0.15) is 33.6 Å². The van der Waals surface area contributed by atoms with Crippen LogP contribution < -0.4 is 5.32 Å². The molecule has 134 valence electrons. The van der Waals surface area contributed by atoms with Gasteiger partial charge < -0.3 is 20.8 Å². The van der Waals surface area contributed by atoms with Crippen LogP contribution in [-0.4, -0.2) is 55.2 Å². The zero-order valence-corrected chi connectivity index (χ0v) is 17.2. The molecule has 0 unspecified atom stereocenters. The van der Waals surface area contributed by atoms with Crippen LogP contribution in [-0.2, 0) is 45.0 Å². The van der Waals surface area contributed by atoms with Crippen LogP contribution in [0.5, 0.6) is 0 Å². The smallest absolute Gasteiger partial charge is 0.542 e. The largest absolute Gasteiger partial charge is 2.00 e. The Morgan fingerprint density at radius 1 is 1.21 bits per heavy atom. The first-order chi connectivity index (χ1) is 10.9. The second-order valence-corrected chi connectivity index (χ2v) is 5.27. The molecule has 1 heterocycles. The Morgan fingerprint density at radius 2 is 1.75 bits per heavy atom. The van der Waals surface area contributed by atoms with E-state index in [4.69, 9.17) is 4.74 Å². The minimum atomic E-state index is -0.397. The van der Waals surface area contributed by atoms with Crippen molar-refractivity contribution in [2.45, 2.75) is 33.6 Å². The number of imide groups is 1. The summed E-state index contributed by atoms with van der Waals surface area (Å²) in [6, 6.07) is 0. The fraction of sp³-hybridized carbons (Fsp3) is 0.562. The molecule has 0 saturated heterocycles. The van der Waals surface area contributed by atoms with Crippen molar-refractivity contribution >= 4 is 24.0 Å². The van der Waals surface area contributed by atoms with Gasteiger partial charge in [-0.15, -0.1) is 6.42 Å². The van der Waals surface area contributed by atoms with Gasteiger partial charge in [0, 0.05) is 38.3 Å². The van der Waals surface area contributed by atoms with Crippen molar-refractivity contribution in [1.82, 2.24) is 10.2 Å². The molecule has 0 fully saturated rings. The summed E-state index contributed by atoms with van der Waals surface area (Å²) in [4.78, 5) is 44.7. The molecule has 0 bridgehead atoms. The van der Waals surface area contributed by atoms with E-state index < -0.39 is 11.8 Å². The van der Waals surface area contributed by atoms with Gasteiger partial charge in [0.1, 0.15) is 0 Å². The normalized spacial score (nSPS) is 12.6. The van der Waals surface area contributed by atoms with Crippen molar-refractivity contribution in [2.24, 2.45) is 0 Å². The van der Waals surface area contributed by atoms with Gasteiger partial charge in [0.15, 0.2) is 0 Å². The summed E-state index contributed by atoms with van der Waals surface area (Å²) < 4.78 is 5.03. The molecule has 1 aliphatic rings. The minimum Gasteiger partial charge on any atom is -0.542 e. The molecule has 0 atom stereocenters. The number of carbonyl (C=O) groups excluding carboxylic acids is 4. The van der Waals surface area contributed by atoms with Crippen LogP contribution in [0, 0.1) is 5.92 Å². The SMILES string of the molecule is C[C-](C)C.O=[C-]CCOCCNC(=O)CCN1C(=O)C=CC1=O.[W+2]. The van der Waals surface area contributed by atoms with Crippen molar-refractivity contribution in [3.63, 3.8) is 0 Å². The van der Waals surface area contributed by atoms with E-state index in [9.17, 15) is 19.2 Å². The molecule has 0 spiro atoms. The van der Waals surface area contributed by atoms with Crippen LogP contribution in [0.3, 0.4) is 0 Å². The molecule has 1 N–H and O–H groups in total. The Kier molecular flexibility index (Phi) is 15.8. The molecule has 1 rings (SSSR count). The molecule has 0 saturated carbocycles. The molecule has 0 aliphatic carbocycles. The van der Waals surface area contributed by atoms with E-state index in [0.29, 0.717) is 13.2 Å². The third-order valence-electron chi connectivity index (χ3n) is 2.38. The third kappa shape index (κ3) is 13.1. The number of carbonyl (C=O) groups is 3. The van der Waals surface area contributed by atoms with Crippen LogP contribution in [0.25, 0.3) is 0 Å². The maximum Gasteiger partial charge on any atom is 2.00 e. The number of nitrogens with one attached hydrogen (secondary N) is 1. The monoisotopic (exact) mass is 508 g/mol. The van der Waals surface area contributed by atoms with Gasteiger partial charge in [0.2, 0.25) is 5.91 Å². The first-order valence-electron chi connectivity index (χ1n) is 7.38. The zero-order chi connectivity index (χ0) is 17.7. The topological polar surface area (TPSA) is 92.8 Å². The molecular weight excluding hydrogens is 484 g/mol. The Balaban J connectivity index is 0. The Hall–Kier alpha value is -1.33. The predicted molar refractivity (Wildman–Crippen MR) is 84.9 cm³/mol. The Labute approximate surface area is 157 Å². The predicted octanol–water partition coefficient (Wildman–Crippen LogP) is 0.552. The first kappa shape index (κ1) is 24.9. The second kappa shape index (κ2) is 15.2. The van der Waals surface area contributed by atoms with Gasteiger partial charge in [0.05, 0.1) is 6.61 Å². The van der Waals surface area contributed by atoms with Gasteiger partial charge in [0.25, 0.3) is 11.8 Å². The molecular formula is C16H24N2O5W. The quantitative estimate of drug-likeness (QED) is 0.279. The molecule has 8 heteroatoms. The number of nitrogens with zero attached hydrogens (tertiary/aromatic N) is 1. The van der Waals surface area contributed by atoms with Crippen molar-refractivity contribution in [2.75, 3.05) is 26.3 Å². The average molecular weight is 508 g/mol. The molecule has 0 radical (unpaired) electrons. The van der Waals surface area contributed by atoms with Crippen molar-refractivity contribution in [1.29, 1.82) is 0 Å². The fourth-order valence-electron chi connectivity index (χ4n) is 1.43. The number of hydrogen-bond acceptors (Lipinski definition) is 5. The second-order valence-electron chi connectivity index (χ2n) is 5.27. The summed E-state index contributed by atoms with van der Waals surface area (Å²) in [5.41, 5.74) is 0. The molecule has 7 nitrogen and oxygen atoms in total. The van der Waals surface area contributed by atoms with Gasteiger partial charge in [-0.1, -0.05) is 0 Å². The van der Waals surface area contributed by atoms with E-state index in [0.717, 1.165) is 4.90 Å². The number of rotatable bonds is 9. The molecule has 0 aromatic rings. The maximum absolute atomic E-state index is 11.4. The van der Waals surface area contributed by atoms with Gasteiger partial charge in [-0.2, -0.15) is 20.8 Å². The summed E-state index contributed by atoms with van der Waals surface area (Å²) in [7, 11) is 0. The molecule has 24 heavy (non-hydrogen) atoms. The third-order valence-corrected chi connectivity index (χ3v) is 2.38. The summed E-state index contributed by atoms with van der Waals surface area (Å²) >= 11 is 0. The van der Waals surface area contributed by atoms with E-state index in [1.807, 2.05) is 0 Å². The molecule has 0 aromatic carbocycles. The van der Waals surface area contributed by atoms with Crippen LogP contribution in [0.15, 0.2) is 12.2 Å². The number of amides is 3. The first-order valence-corrected chi connectivity index (χ1v) is 7.38. The molecule has 1 aliphatic heterocycles. The summed E-state index contributed by atoms with van der Waals surface area (Å²) in [6.45, 7) is 7.22. The van der Waals surface area contributed by atoms with Crippen molar-refractivity contribution < 1.29 is 45.0 Å². The zero-order valence-electron chi connectivity index (χ0n) is 14.3. The van der Waals surface area contributed by atoms with Crippen LogP contribution in [0.4, 0.5) is 0 Å². The standard InChI is InChI=1S/C12H15N2O5.C4H9.W/c15-7-1-8-19-9-5-13-10(16)4-6-14-11(17)2-3-12(14)18;1-4(2)3;/h2-3H,1,4-6,8-9H2,(H,13,16);1-3H3;/q2*-1;+2. The van der Waals surface area contributed by atoms with Crippen LogP contribution >= 0.6 is 0 Å². The molecule has 0 aromatic heterocycles. The summed E-state index contributed by atoms with van der Waals surface area (Å²) in [5.74, 6) is 0.357. The van der Waals surface area contributed by atoms with Gasteiger partial charge in [-0.3, -0.25) is 25.6 Å². The minimum absolute atomic E-state index is 0. The van der Waals surface area contributed by atoms with E-state index in [1.165, 1.54) is 18.1 Å². The maximum atomic E-state index is 11.4. The van der Waals surface area contributed by atoms with Crippen molar-refractivity contribution in [3.8, 4) is 0 Å². The van der Waals surface area contributed by atoms with E-state index in [1.54, 1.807) is 6.29 Å². The Bertz CT molecular complexity index is 417.